The highest BCUT2D eigenvalue weighted by Gasteiger charge is 2.16. The number of rotatable bonds is 9. The summed E-state index contributed by atoms with van der Waals surface area (Å²) in [6.45, 7) is 14.8. The molecule has 0 aliphatic carbocycles. The summed E-state index contributed by atoms with van der Waals surface area (Å²) in [6, 6.07) is 11.8. The van der Waals surface area contributed by atoms with Crippen LogP contribution < -0.4 is 10.2 Å². The normalized spacial score (nSPS) is 9.86. The number of carbonyl (C=O) groups excluding carboxylic acids is 1. The molecule has 0 aliphatic heterocycles. The van der Waals surface area contributed by atoms with E-state index >= 15 is 0 Å². The molecule has 0 fully saturated rings. The number of imidazole rings is 1. The Kier molecular flexibility index (Phi) is 17.9. The van der Waals surface area contributed by atoms with Crippen LogP contribution in [0.15, 0.2) is 36.4 Å². The first-order valence-corrected chi connectivity index (χ1v) is 13.7. The standard InChI is InChI=1S/C17H28N4.C8H8O.C4H10.C2H6/c1-6-8-12(9-7-2)17-19-13-10-15(18-3)16(21(4)5)11-14(13)20-17;1-7-2-4-8(6-9)5-3-7;1-3-4-2;1-2/h10-12,18H,6-9H2,1-5H3,(H,19,20);2-6H,1H3;3-4H2,1-2H3;1-2H3. The molecule has 0 unspecified atom stereocenters. The summed E-state index contributed by atoms with van der Waals surface area (Å²) >= 11 is 0. The number of aldehydes is 1. The van der Waals surface area contributed by atoms with Gasteiger partial charge in [-0.3, -0.25) is 4.79 Å². The molecule has 36 heavy (non-hydrogen) atoms. The first-order chi connectivity index (χ1) is 17.3. The third-order valence-corrected chi connectivity index (χ3v) is 5.74. The minimum atomic E-state index is 0.549. The molecule has 0 saturated carbocycles. The number of aryl methyl sites for hydroxylation is 1. The van der Waals surface area contributed by atoms with E-state index in [1.54, 1.807) is 0 Å². The van der Waals surface area contributed by atoms with Gasteiger partial charge in [0, 0.05) is 32.6 Å². The van der Waals surface area contributed by atoms with Gasteiger partial charge in [0.2, 0.25) is 0 Å². The maximum atomic E-state index is 10.1. The van der Waals surface area contributed by atoms with Gasteiger partial charge in [-0.2, -0.15) is 0 Å². The summed E-state index contributed by atoms with van der Waals surface area (Å²) in [7, 11) is 6.08. The first-order valence-electron chi connectivity index (χ1n) is 13.7. The zero-order chi connectivity index (χ0) is 27.5. The molecular weight excluding hydrogens is 444 g/mol. The Bertz CT molecular complexity index is 953. The topological polar surface area (TPSA) is 61.0 Å². The quantitative estimate of drug-likeness (QED) is 0.290. The lowest BCUT2D eigenvalue weighted by Gasteiger charge is -2.16. The molecule has 1 aromatic heterocycles. The van der Waals surface area contributed by atoms with E-state index in [4.69, 9.17) is 4.98 Å². The lowest BCUT2D eigenvalue weighted by atomic mass is 9.98. The Balaban J connectivity index is 0.000000673. The summed E-state index contributed by atoms with van der Waals surface area (Å²) < 4.78 is 0. The Morgan fingerprint density at radius 2 is 1.50 bits per heavy atom. The number of benzene rings is 2. The minimum absolute atomic E-state index is 0.549. The summed E-state index contributed by atoms with van der Waals surface area (Å²) in [5.41, 5.74) is 6.40. The van der Waals surface area contributed by atoms with Gasteiger partial charge in [-0.05, 0) is 31.9 Å². The largest absolute Gasteiger partial charge is 0.386 e. The predicted molar refractivity (Wildman–Crippen MR) is 161 cm³/mol. The fourth-order valence-electron chi connectivity index (χ4n) is 3.59. The number of anilines is 2. The van der Waals surface area contributed by atoms with Gasteiger partial charge in [0.05, 0.1) is 22.4 Å². The van der Waals surface area contributed by atoms with Crippen molar-refractivity contribution in [1.29, 1.82) is 0 Å². The summed E-state index contributed by atoms with van der Waals surface area (Å²) in [4.78, 5) is 20.6. The van der Waals surface area contributed by atoms with Crippen LogP contribution in [0.2, 0.25) is 0 Å². The van der Waals surface area contributed by atoms with Crippen molar-refractivity contribution in [2.45, 2.75) is 92.9 Å². The van der Waals surface area contributed by atoms with E-state index in [-0.39, 0.29) is 0 Å². The van der Waals surface area contributed by atoms with Gasteiger partial charge >= 0.3 is 0 Å². The fourth-order valence-corrected chi connectivity index (χ4v) is 3.59. The molecule has 2 N–H and O–H groups in total. The molecule has 0 radical (unpaired) electrons. The van der Waals surface area contributed by atoms with E-state index in [0.29, 0.717) is 5.92 Å². The van der Waals surface area contributed by atoms with Crippen LogP contribution >= 0.6 is 0 Å². The molecule has 0 bridgehead atoms. The maximum absolute atomic E-state index is 10.1. The number of hydrogen-bond donors (Lipinski definition) is 2. The molecule has 0 spiro atoms. The number of aromatic nitrogens is 2. The van der Waals surface area contributed by atoms with Crippen LogP contribution in [0.4, 0.5) is 11.4 Å². The SMILES string of the molecule is CC.CCCC.CCCC(CCC)c1nc2cc(N(C)C)c(NC)cc2[nH]1.Cc1ccc(C=O)cc1. The van der Waals surface area contributed by atoms with Crippen LogP contribution in [-0.4, -0.2) is 37.4 Å². The van der Waals surface area contributed by atoms with E-state index in [0.717, 1.165) is 34.4 Å². The average molecular weight is 497 g/mol. The third-order valence-electron chi connectivity index (χ3n) is 5.74. The number of H-pyrrole nitrogens is 1. The zero-order valence-corrected chi connectivity index (χ0v) is 24.7. The number of unbranched alkanes of at least 4 members (excludes halogenated alkanes) is 1. The highest BCUT2D eigenvalue weighted by atomic mass is 16.1. The van der Waals surface area contributed by atoms with Crippen molar-refractivity contribution >= 4 is 28.7 Å². The van der Waals surface area contributed by atoms with Crippen molar-refractivity contribution in [3.05, 3.63) is 53.3 Å². The van der Waals surface area contributed by atoms with Gasteiger partial charge in [0.25, 0.3) is 0 Å². The van der Waals surface area contributed by atoms with Crippen LogP contribution in [0.25, 0.3) is 11.0 Å². The van der Waals surface area contributed by atoms with E-state index in [9.17, 15) is 4.79 Å². The second-order valence-electron chi connectivity index (χ2n) is 8.96. The van der Waals surface area contributed by atoms with Crippen molar-refractivity contribution in [1.82, 2.24) is 9.97 Å². The van der Waals surface area contributed by atoms with Crippen molar-refractivity contribution in [3.63, 3.8) is 0 Å². The second-order valence-corrected chi connectivity index (χ2v) is 8.96. The summed E-state index contributed by atoms with van der Waals surface area (Å²) in [5.74, 6) is 1.69. The molecule has 0 saturated heterocycles. The van der Waals surface area contributed by atoms with Crippen LogP contribution in [0, 0.1) is 6.92 Å². The van der Waals surface area contributed by atoms with E-state index in [1.165, 1.54) is 49.8 Å². The summed E-state index contributed by atoms with van der Waals surface area (Å²) in [6.07, 6.45) is 8.29. The maximum Gasteiger partial charge on any atom is 0.150 e. The van der Waals surface area contributed by atoms with Crippen molar-refractivity contribution < 1.29 is 4.79 Å². The predicted octanol–water partition coefficient (Wildman–Crippen LogP) is 8.99. The van der Waals surface area contributed by atoms with E-state index < -0.39 is 0 Å². The Hall–Kier alpha value is -2.82. The zero-order valence-electron chi connectivity index (χ0n) is 24.7. The molecule has 3 aromatic rings. The van der Waals surface area contributed by atoms with Crippen molar-refractivity contribution in [2.24, 2.45) is 0 Å². The molecule has 5 nitrogen and oxygen atoms in total. The van der Waals surface area contributed by atoms with Crippen LogP contribution in [-0.2, 0) is 0 Å². The number of hydrogen-bond acceptors (Lipinski definition) is 4. The molecule has 2 aromatic carbocycles. The van der Waals surface area contributed by atoms with E-state index in [1.807, 2.05) is 52.1 Å². The number of nitrogens with zero attached hydrogens (tertiary/aromatic N) is 2. The lowest BCUT2D eigenvalue weighted by Crippen LogP contribution is -2.10. The van der Waals surface area contributed by atoms with Gasteiger partial charge in [-0.15, -0.1) is 0 Å². The Labute approximate surface area is 221 Å². The van der Waals surface area contributed by atoms with Crippen molar-refractivity contribution in [2.75, 3.05) is 31.4 Å². The number of aromatic amines is 1. The third kappa shape index (κ3) is 11.3. The lowest BCUT2D eigenvalue weighted by molar-refractivity contribution is 0.112. The van der Waals surface area contributed by atoms with Crippen LogP contribution in [0.5, 0.6) is 0 Å². The van der Waals surface area contributed by atoms with Gasteiger partial charge < -0.3 is 15.2 Å². The average Bonchev–Trinajstić information content (AvgIpc) is 3.33. The molecule has 0 aliphatic rings. The number of fused-ring (bicyclic) bond motifs is 1. The molecule has 3 rings (SSSR count). The van der Waals surface area contributed by atoms with Crippen LogP contribution in [0.3, 0.4) is 0 Å². The highest BCUT2D eigenvalue weighted by Crippen LogP contribution is 2.32. The van der Waals surface area contributed by atoms with Gasteiger partial charge in [0.1, 0.15) is 12.1 Å². The fraction of sp³-hybridized carbons (Fsp3) is 0.548. The monoisotopic (exact) mass is 496 g/mol. The van der Waals surface area contributed by atoms with E-state index in [2.05, 4.69) is 69.1 Å². The number of carbonyl (C=O) groups is 1. The molecule has 0 atom stereocenters. The smallest absolute Gasteiger partial charge is 0.150 e. The van der Waals surface area contributed by atoms with Crippen molar-refractivity contribution in [3.8, 4) is 0 Å². The Morgan fingerprint density at radius 1 is 0.944 bits per heavy atom. The minimum Gasteiger partial charge on any atom is -0.386 e. The van der Waals surface area contributed by atoms with Gasteiger partial charge in [-0.25, -0.2) is 4.98 Å². The molecule has 0 amide bonds. The highest BCUT2D eigenvalue weighted by molar-refractivity contribution is 5.88. The first kappa shape index (κ1) is 33.2. The molecule has 1 heterocycles. The second kappa shape index (κ2) is 19.4. The number of nitrogens with one attached hydrogen (secondary N) is 2. The molecule has 5 heteroatoms. The van der Waals surface area contributed by atoms with Gasteiger partial charge in [0.15, 0.2) is 0 Å². The molecular formula is C31H52N4O. The van der Waals surface area contributed by atoms with Crippen LogP contribution in [0.1, 0.15) is 108 Å². The van der Waals surface area contributed by atoms with Gasteiger partial charge in [-0.1, -0.05) is 97.1 Å². The summed E-state index contributed by atoms with van der Waals surface area (Å²) in [5, 5.41) is 3.27. The molecule has 202 valence electrons. The Morgan fingerprint density at radius 3 is 1.92 bits per heavy atom.